The van der Waals surface area contributed by atoms with Gasteiger partial charge < -0.3 is 5.11 Å². The van der Waals surface area contributed by atoms with E-state index in [2.05, 4.69) is 0 Å². The normalized spacial score (nSPS) is 11.3. The highest BCUT2D eigenvalue weighted by Crippen LogP contribution is 2.06. The lowest BCUT2D eigenvalue weighted by Crippen LogP contribution is -2.31. The maximum Gasteiger partial charge on any atom is 0.251 e. The van der Waals surface area contributed by atoms with Gasteiger partial charge in [0.15, 0.2) is 0 Å². The smallest absolute Gasteiger partial charge is 0.251 e. The van der Waals surface area contributed by atoms with Crippen molar-refractivity contribution < 1.29 is 13.9 Å². The summed E-state index contributed by atoms with van der Waals surface area (Å²) in [6.45, 7) is 0.333. The first-order chi connectivity index (χ1) is 7.22. The van der Waals surface area contributed by atoms with Crippen LogP contribution in [0.25, 0.3) is 0 Å². The molecule has 0 fully saturated rings. The van der Waals surface area contributed by atoms with Crippen LogP contribution in [-0.2, 0) is 6.54 Å². The Kier molecular flexibility index (Phi) is 5.21. The number of benzene rings is 1. The topological polar surface area (TPSA) is 23.5 Å². The molecule has 0 aromatic heterocycles. The van der Waals surface area contributed by atoms with Crippen molar-refractivity contribution in [3.63, 3.8) is 0 Å². The van der Waals surface area contributed by atoms with Gasteiger partial charge in [0.2, 0.25) is 0 Å². The largest absolute Gasteiger partial charge is 0.395 e. The highest BCUT2D eigenvalue weighted by atomic mass is 19.3. The fourth-order valence-corrected chi connectivity index (χ4v) is 1.41. The third kappa shape index (κ3) is 4.85. The number of aliphatic hydroxyl groups is 1. The second-order valence-electron chi connectivity index (χ2n) is 3.34. The fourth-order valence-electron chi connectivity index (χ4n) is 1.41. The molecule has 1 N–H and O–H groups in total. The Morgan fingerprint density at radius 3 is 2.40 bits per heavy atom. The molecule has 0 aliphatic heterocycles. The van der Waals surface area contributed by atoms with Crippen LogP contribution in [0, 0.1) is 0 Å². The molecule has 0 saturated heterocycles. The second-order valence-corrected chi connectivity index (χ2v) is 3.34. The third-order valence-electron chi connectivity index (χ3n) is 2.06. The molecule has 0 spiro atoms. The average molecular weight is 215 g/mol. The summed E-state index contributed by atoms with van der Waals surface area (Å²) < 4.78 is 24.4. The summed E-state index contributed by atoms with van der Waals surface area (Å²) in [7, 11) is 0. The van der Waals surface area contributed by atoms with Crippen LogP contribution in [0.15, 0.2) is 30.3 Å². The number of nitrogens with zero attached hydrogens (tertiary/aromatic N) is 1. The Balaban J connectivity index is 2.50. The standard InChI is InChI=1S/C11H15F2NO/c12-11(13)9-14(6-7-15)8-10-4-2-1-3-5-10/h1-5,11,15H,6-9H2. The summed E-state index contributed by atoms with van der Waals surface area (Å²) in [4.78, 5) is 1.54. The van der Waals surface area contributed by atoms with E-state index in [1.54, 1.807) is 4.90 Å². The predicted molar refractivity (Wildman–Crippen MR) is 54.8 cm³/mol. The van der Waals surface area contributed by atoms with Gasteiger partial charge in [0.1, 0.15) is 0 Å². The molecule has 0 radical (unpaired) electrons. The Morgan fingerprint density at radius 2 is 1.87 bits per heavy atom. The van der Waals surface area contributed by atoms with E-state index in [1.165, 1.54) is 0 Å². The van der Waals surface area contributed by atoms with E-state index >= 15 is 0 Å². The SMILES string of the molecule is OCCN(Cc1ccccc1)CC(F)F. The fraction of sp³-hybridized carbons (Fsp3) is 0.455. The van der Waals surface area contributed by atoms with Crippen molar-refractivity contribution in [2.75, 3.05) is 19.7 Å². The highest BCUT2D eigenvalue weighted by molar-refractivity contribution is 5.14. The molecule has 0 unspecified atom stereocenters. The molecule has 1 aromatic carbocycles. The van der Waals surface area contributed by atoms with E-state index in [-0.39, 0.29) is 19.7 Å². The molecule has 0 heterocycles. The quantitative estimate of drug-likeness (QED) is 0.781. The molecule has 0 aliphatic rings. The zero-order valence-electron chi connectivity index (χ0n) is 8.44. The zero-order valence-corrected chi connectivity index (χ0v) is 8.44. The van der Waals surface area contributed by atoms with Crippen LogP contribution in [0.4, 0.5) is 8.78 Å². The Bertz CT molecular complexity index is 267. The predicted octanol–water partition coefficient (Wildman–Crippen LogP) is 1.75. The first-order valence-corrected chi connectivity index (χ1v) is 4.87. The number of rotatable bonds is 6. The van der Waals surface area contributed by atoms with Crippen molar-refractivity contribution in [2.45, 2.75) is 13.0 Å². The minimum atomic E-state index is -2.36. The van der Waals surface area contributed by atoms with Gasteiger partial charge in [-0.3, -0.25) is 4.90 Å². The molecular formula is C11H15F2NO. The number of alkyl halides is 2. The molecule has 1 aromatic rings. The highest BCUT2D eigenvalue weighted by Gasteiger charge is 2.11. The monoisotopic (exact) mass is 215 g/mol. The van der Waals surface area contributed by atoms with Crippen molar-refractivity contribution in [1.29, 1.82) is 0 Å². The first kappa shape index (κ1) is 12.1. The van der Waals surface area contributed by atoms with Gasteiger partial charge in [-0.25, -0.2) is 8.78 Å². The van der Waals surface area contributed by atoms with E-state index in [4.69, 9.17) is 5.11 Å². The van der Waals surface area contributed by atoms with Gasteiger partial charge in [0.25, 0.3) is 6.43 Å². The van der Waals surface area contributed by atoms with Gasteiger partial charge >= 0.3 is 0 Å². The summed E-state index contributed by atoms with van der Waals surface area (Å²) >= 11 is 0. The van der Waals surface area contributed by atoms with Gasteiger partial charge in [0.05, 0.1) is 13.2 Å². The Hall–Kier alpha value is -1.00. The number of aliphatic hydroxyl groups excluding tert-OH is 1. The molecule has 0 bridgehead atoms. The molecule has 0 saturated carbocycles. The van der Waals surface area contributed by atoms with E-state index in [0.29, 0.717) is 6.54 Å². The van der Waals surface area contributed by atoms with E-state index in [1.807, 2.05) is 30.3 Å². The van der Waals surface area contributed by atoms with Gasteiger partial charge in [-0.15, -0.1) is 0 Å². The molecule has 0 aliphatic carbocycles. The summed E-state index contributed by atoms with van der Waals surface area (Å²) in [5.41, 5.74) is 0.978. The van der Waals surface area contributed by atoms with Gasteiger partial charge in [-0.1, -0.05) is 30.3 Å². The Labute approximate surface area is 88.1 Å². The molecule has 0 amide bonds. The molecule has 4 heteroatoms. The lowest BCUT2D eigenvalue weighted by molar-refractivity contribution is 0.0746. The van der Waals surface area contributed by atoms with Crippen LogP contribution in [0.3, 0.4) is 0 Å². The van der Waals surface area contributed by atoms with Gasteiger partial charge in [-0.05, 0) is 5.56 Å². The first-order valence-electron chi connectivity index (χ1n) is 4.87. The van der Waals surface area contributed by atoms with E-state index < -0.39 is 6.43 Å². The van der Waals surface area contributed by atoms with Crippen LogP contribution >= 0.6 is 0 Å². The maximum atomic E-state index is 12.2. The number of hydrogen-bond donors (Lipinski definition) is 1. The van der Waals surface area contributed by atoms with Crippen molar-refractivity contribution >= 4 is 0 Å². The molecule has 84 valence electrons. The molecule has 15 heavy (non-hydrogen) atoms. The summed E-state index contributed by atoms with van der Waals surface area (Å²) in [6, 6.07) is 9.39. The van der Waals surface area contributed by atoms with Crippen LogP contribution < -0.4 is 0 Å². The van der Waals surface area contributed by atoms with Crippen LogP contribution in [0.1, 0.15) is 5.56 Å². The molecule has 0 atom stereocenters. The lowest BCUT2D eigenvalue weighted by atomic mass is 10.2. The van der Waals surface area contributed by atoms with Crippen molar-refractivity contribution in [3.05, 3.63) is 35.9 Å². The molecular weight excluding hydrogens is 200 g/mol. The van der Waals surface area contributed by atoms with Crippen LogP contribution in [0.2, 0.25) is 0 Å². The number of halogens is 2. The van der Waals surface area contributed by atoms with Crippen molar-refractivity contribution in [2.24, 2.45) is 0 Å². The van der Waals surface area contributed by atoms with Crippen LogP contribution in [0.5, 0.6) is 0 Å². The minimum Gasteiger partial charge on any atom is -0.395 e. The Morgan fingerprint density at radius 1 is 1.20 bits per heavy atom. The summed E-state index contributed by atoms with van der Waals surface area (Å²) in [5, 5.41) is 8.74. The summed E-state index contributed by atoms with van der Waals surface area (Å²) in [5.74, 6) is 0. The van der Waals surface area contributed by atoms with E-state index in [0.717, 1.165) is 5.56 Å². The average Bonchev–Trinajstić information content (AvgIpc) is 2.18. The second kappa shape index (κ2) is 6.48. The van der Waals surface area contributed by atoms with Gasteiger partial charge in [0, 0.05) is 13.1 Å². The summed E-state index contributed by atoms with van der Waals surface area (Å²) in [6.07, 6.45) is -2.36. The van der Waals surface area contributed by atoms with Crippen molar-refractivity contribution in [3.8, 4) is 0 Å². The van der Waals surface area contributed by atoms with Gasteiger partial charge in [-0.2, -0.15) is 0 Å². The maximum absolute atomic E-state index is 12.2. The van der Waals surface area contributed by atoms with Crippen LogP contribution in [-0.4, -0.2) is 36.1 Å². The van der Waals surface area contributed by atoms with E-state index in [9.17, 15) is 8.78 Å². The zero-order chi connectivity index (χ0) is 11.1. The third-order valence-corrected chi connectivity index (χ3v) is 2.06. The minimum absolute atomic E-state index is 0.0977. The molecule has 1 rings (SSSR count). The lowest BCUT2D eigenvalue weighted by Gasteiger charge is -2.20. The number of hydrogen-bond acceptors (Lipinski definition) is 2. The van der Waals surface area contributed by atoms with Crippen molar-refractivity contribution in [1.82, 2.24) is 4.90 Å². The molecule has 2 nitrogen and oxygen atoms in total.